The number of rotatable bonds is 14. The lowest BCUT2D eigenvalue weighted by atomic mass is 9.90. The molecule has 0 unspecified atom stereocenters. The molecule has 1 fully saturated rings. The first-order valence-corrected chi connectivity index (χ1v) is 14.3. The molecule has 0 bridgehead atoms. The number of aromatic amines is 1. The minimum Gasteiger partial charge on any atom is -0.494 e. The van der Waals surface area contributed by atoms with E-state index in [1.807, 2.05) is 24.3 Å². The second-order valence-corrected chi connectivity index (χ2v) is 10.3. The van der Waals surface area contributed by atoms with Gasteiger partial charge in [0.05, 0.1) is 6.61 Å². The Morgan fingerprint density at radius 1 is 0.944 bits per heavy atom. The highest BCUT2D eigenvalue weighted by atomic mass is 16.5. The number of pyridine rings is 1. The predicted molar refractivity (Wildman–Crippen MR) is 149 cm³/mol. The smallest absolute Gasteiger partial charge is 0.248 e. The summed E-state index contributed by atoms with van der Waals surface area (Å²) in [6, 6.07) is 9.05. The van der Waals surface area contributed by atoms with E-state index in [0.29, 0.717) is 24.9 Å². The van der Waals surface area contributed by atoms with E-state index in [0.717, 1.165) is 68.6 Å². The lowest BCUT2D eigenvalue weighted by Crippen LogP contribution is -2.38. The van der Waals surface area contributed by atoms with Crippen molar-refractivity contribution in [1.29, 1.82) is 0 Å². The van der Waals surface area contributed by atoms with Crippen LogP contribution in [0, 0.1) is 5.92 Å². The van der Waals surface area contributed by atoms with E-state index in [9.17, 15) is 9.59 Å². The van der Waals surface area contributed by atoms with Crippen molar-refractivity contribution in [2.75, 3.05) is 39.3 Å². The van der Waals surface area contributed by atoms with Gasteiger partial charge in [-0.25, -0.2) is 0 Å². The minimum atomic E-state index is -0.0996. The number of nitrogens with one attached hydrogen (secondary N) is 1. The van der Waals surface area contributed by atoms with E-state index in [1.165, 1.54) is 51.0 Å². The van der Waals surface area contributed by atoms with E-state index < -0.39 is 0 Å². The fraction of sp³-hybridized carbons (Fsp3) is 0.667. The molecule has 2 aromatic rings. The Labute approximate surface area is 217 Å². The second kappa shape index (κ2) is 15.7. The Bertz CT molecular complexity index is 961. The Morgan fingerprint density at radius 2 is 1.69 bits per heavy atom. The van der Waals surface area contributed by atoms with Gasteiger partial charge in [0.2, 0.25) is 11.5 Å². The van der Waals surface area contributed by atoms with Crippen LogP contribution in [-0.4, -0.2) is 60.0 Å². The Morgan fingerprint density at radius 3 is 2.44 bits per heavy atom. The van der Waals surface area contributed by atoms with Crippen molar-refractivity contribution in [2.45, 2.75) is 84.5 Å². The van der Waals surface area contributed by atoms with Crippen LogP contribution >= 0.6 is 0 Å². The number of nitrogens with zero attached hydrogens (tertiary/aromatic N) is 2. The number of carbonyl (C=O) groups excluding carboxylic acids is 1. The van der Waals surface area contributed by atoms with Crippen LogP contribution in [-0.2, 0) is 4.79 Å². The van der Waals surface area contributed by atoms with Gasteiger partial charge in [0.25, 0.3) is 0 Å². The fourth-order valence-corrected chi connectivity index (χ4v) is 5.33. The molecule has 1 N–H and O–H groups in total. The SMILES string of the molecule is CCN(CC)CCCN(CC1CCCCCCC1)C(=O)CCCCOc1ccc2[nH]c(=O)ccc2c1. The van der Waals surface area contributed by atoms with Crippen molar-refractivity contribution >= 4 is 16.8 Å². The van der Waals surface area contributed by atoms with E-state index >= 15 is 0 Å². The number of hydrogen-bond donors (Lipinski definition) is 1. The highest BCUT2D eigenvalue weighted by Crippen LogP contribution is 2.24. The van der Waals surface area contributed by atoms with Gasteiger partial charge >= 0.3 is 0 Å². The van der Waals surface area contributed by atoms with Gasteiger partial charge in [0, 0.05) is 36.5 Å². The zero-order chi connectivity index (χ0) is 25.6. The molecule has 6 heteroatoms. The second-order valence-electron chi connectivity index (χ2n) is 10.3. The van der Waals surface area contributed by atoms with Crippen molar-refractivity contribution in [3.05, 3.63) is 40.7 Å². The number of fused-ring (bicyclic) bond motifs is 1. The molecule has 1 saturated carbocycles. The molecule has 1 aromatic carbocycles. The lowest BCUT2D eigenvalue weighted by molar-refractivity contribution is -0.132. The van der Waals surface area contributed by atoms with Crippen molar-refractivity contribution in [1.82, 2.24) is 14.8 Å². The number of hydrogen-bond acceptors (Lipinski definition) is 4. The van der Waals surface area contributed by atoms with Crippen LogP contribution in [0.4, 0.5) is 0 Å². The molecule has 1 aliphatic carbocycles. The molecular formula is C30H47N3O3. The third-order valence-corrected chi connectivity index (χ3v) is 7.60. The molecule has 3 rings (SSSR count). The summed E-state index contributed by atoms with van der Waals surface area (Å²) in [7, 11) is 0. The Kier molecular flexibility index (Phi) is 12.3. The molecule has 36 heavy (non-hydrogen) atoms. The zero-order valence-corrected chi connectivity index (χ0v) is 22.6. The highest BCUT2D eigenvalue weighted by molar-refractivity contribution is 5.79. The monoisotopic (exact) mass is 497 g/mol. The summed E-state index contributed by atoms with van der Waals surface area (Å²) >= 11 is 0. The molecule has 0 aliphatic heterocycles. The van der Waals surface area contributed by atoms with Crippen molar-refractivity contribution in [2.24, 2.45) is 5.92 Å². The van der Waals surface area contributed by atoms with Crippen molar-refractivity contribution < 1.29 is 9.53 Å². The van der Waals surface area contributed by atoms with Crippen molar-refractivity contribution in [3.63, 3.8) is 0 Å². The lowest BCUT2D eigenvalue weighted by Gasteiger charge is -2.30. The Hall–Kier alpha value is -2.34. The number of ether oxygens (including phenoxy) is 1. The van der Waals surface area contributed by atoms with Gasteiger partial charge in [-0.05, 0) is 81.9 Å². The molecule has 200 valence electrons. The molecule has 0 spiro atoms. The summed E-state index contributed by atoms with van der Waals surface area (Å²) in [5, 5.41) is 0.955. The zero-order valence-electron chi connectivity index (χ0n) is 22.6. The largest absolute Gasteiger partial charge is 0.494 e. The molecule has 0 saturated heterocycles. The van der Waals surface area contributed by atoms with Crippen LogP contribution in [0.3, 0.4) is 0 Å². The molecule has 1 aliphatic rings. The van der Waals surface area contributed by atoms with Crippen molar-refractivity contribution in [3.8, 4) is 5.75 Å². The number of benzene rings is 1. The molecule has 1 aromatic heterocycles. The fourth-order valence-electron chi connectivity index (χ4n) is 5.33. The van der Waals surface area contributed by atoms with E-state index in [-0.39, 0.29) is 5.56 Å². The van der Waals surface area contributed by atoms with Gasteiger partial charge in [-0.2, -0.15) is 0 Å². The quantitative estimate of drug-likeness (QED) is 0.325. The van der Waals surface area contributed by atoms with Gasteiger partial charge in [0.1, 0.15) is 5.75 Å². The number of aromatic nitrogens is 1. The number of unbranched alkanes of at least 4 members (excludes halogenated alkanes) is 1. The summed E-state index contributed by atoms with van der Waals surface area (Å²) in [5.74, 6) is 1.77. The summed E-state index contributed by atoms with van der Waals surface area (Å²) in [5.41, 5.74) is 0.711. The van der Waals surface area contributed by atoms with Crippen LogP contribution in [0.15, 0.2) is 35.1 Å². The molecule has 1 heterocycles. The van der Waals surface area contributed by atoms with Crippen LogP contribution in [0.5, 0.6) is 5.75 Å². The topological polar surface area (TPSA) is 65.6 Å². The number of H-pyrrole nitrogens is 1. The molecule has 0 radical (unpaired) electrons. The van der Waals surface area contributed by atoms with E-state index in [4.69, 9.17) is 4.74 Å². The van der Waals surface area contributed by atoms with Gasteiger partial charge in [-0.3, -0.25) is 9.59 Å². The van der Waals surface area contributed by atoms with Crippen LogP contribution in [0.1, 0.15) is 84.5 Å². The summed E-state index contributed by atoms with van der Waals surface area (Å²) in [4.78, 5) is 32.1. The summed E-state index contributed by atoms with van der Waals surface area (Å²) in [6.07, 6.45) is 12.6. The van der Waals surface area contributed by atoms with Gasteiger partial charge in [0.15, 0.2) is 0 Å². The first-order valence-electron chi connectivity index (χ1n) is 14.3. The third-order valence-electron chi connectivity index (χ3n) is 7.60. The molecular weight excluding hydrogens is 450 g/mol. The van der Waals surface area contributed by atoms with E-state index in [2.05, 4.69) is 28.6 Å². The highest BCUT2D eigenvalue weighted by Gasteiger charge is 2.20. The predicted octanol–water partition coefficient (Wildman–Crippen LogP) is 6.00. The van der Waals surface area contributed by atoms with Crippen LogP contribution < -0.4 is 10.3 Å². The maximum Gasteiger partial charge on any atom is 0.248 e. The van der Waals surface area contributed by atoms with Gasteiger partial charge in [-0.1, -0.05) is 46.0 Å². The molecule has 0 atom stereocenters. The summed E-state index contributed by atoms with van der Waals surface area (Å²) in [6.45, 7) is 10.0. The maximum atomic E-state index is 13.2. The summed E-state index contributed by atoms with van der Waals surface area (Å²) < 4.78 is 5.93. The molecule has 1 amide bonds. The number of amides is 1. The normalized spacial score (nSPS) is 15.1. The first kappa shape index (κ1) is 28.2. The first-order chi connectivity index (χ1) is 17.6. The van der Waals surface area contributed by atoms with Crippen LogP contribution in [0.25, 0.3) is 10.9 Å². The maximum absolute atomic E-state index is 13.2. The minimum absolute atomic E-state index is 0.0996. The average molecular weight is 498 g/mol. The third kappa shape index (κ3) is 9.61. The standard InChI is InChI=1S/C30H47N3O3/c1-3-32(4-2)20-12-21-33(24-25-13-8-6-5-7-9-14-25)30(35)15-10-11-22-36-27-17-18-28-26(23-27)16-19-29(34)31-28/h16-19,23,25H,3-15,20-22,24H2,1-2H3,(H,31,34). The van der Waals surface area contributed by atoms with Gasteiger partial charge < -0.3 is 19.5 Å². The van der Waals surface area contributed by atoms with Crippen LogP contribution in [0.2, 0.25) is 0 Å². The average Bonchev–Trinajstić information content (AvgIpc) is 2.86. The van der Waals surface area contributed by atoms with E-state index in [1.54, 1.807) is 0 Å². The Balaban J connectivity index is 1.45. The van der Waals surface area contributed by atoms with Gasteiger partial charge in [-0.15, -0.1) is 0 Å². The molecule has 6 nitrogen and oxygen atoms in total. The number of carbonyl (C=O) groups is 1.